The van der Waals surface area contributed by atoms with Crippen molar-refractivity contribution in [2.24, 2.45) is 0 Å². The molecule has 1 N–H and O–H groups in total. The van der Waals surface area contributed by atoms with Gasteiger partial charge in [0.15, 0.2) is 0 Å². The molecule has 0 spiro atoms. The van der Waals surface area contributed by atoms with Gasteiger partial charge in [-0.2, -0.15) is 5.26 Å². The second-order valence-electron chi connectivity index (χ2n) is 8.27. The van der Waals surface area contributed by atoms with Crippen LogP contribution in [-0.4, -0.2) is 29.2 Å². The lowest BCUT2D eigenvalue weighted by Crippen LogP contribution is -2.17. The molecule has 1 amide bonds. The maximum atomic E-state index is 13.1. The molecule has 6 nitrogen and oxygen atoms in total. The summed E-state index contributed by atoms with van der Waals surface area (Å²) in [7, 11) is 0. The number of nitrogens with one attached hydrogen (secondary N) is 1. The standard InChI is InChI=1S/C27H23N3O3S4/c1-2-33-27(32)24-16-7-3-4-8-21(16)37-26(24)30-23(31)15-36-25-18(14-28)17(20-9-5-11-34-20)13-19(29-25)22-10-6-12-35-22/h5-6,9-13H,2-4,7-8,15H2,1H3,(H,30,31). The van der Waals surface area contributed by atoms with Gasteiger partial charge in [0, 0.05) is 15.3 Å². The zero-order valence-corrected chi connectivity index (χ0v) is 23.3. The first-order chi connectivity index (χ1) is 18.1. The Morgan fingerprint density at radius 1 is 1.16 bits per heavy atom. The number of hydrogen-bond acceptors (Lipinski definition) is 9. The van der Waals surface area contributed by atoms with Crippen LogP contribution in [0, 0.1) is 11.3 Å². The highest BCUT2D eigenvalue weighted by molar-refractivity contribution is 8.00. The summed E-state index contributed by atoms with van der Waals surface area (Å²) >= 11 is 5.84. The first-order valence-corrected chi connectivity index (χ1v) is 15.4. The number of esters is 1. The number of thiophene rings is 3. The summed E-state index contributed by atoms with van der Waals surface area (Å²) in [6.07, 6.45) is 3.83. The molecule has 0 radical (unpaired) electrons. The molecule has 0 fully saturated rings. The highest BCUT2D eigenvalue weighted by Crippen LogP contribution is 2.40. The molecule has 0 aromatic carbocycles. The molecule has 0 aliphatic heterocycles. The molecule has 188 valence electrons. The maximum Gasteiger partial charge on any atom is 0.341 e. The Kier molecular flexibility index (Phi) is 8.05. The number of rotatable bonds is 8. The number of nitriles is 1. The lowest BCUT2D eigenvalue weighted by atomic mass is 9.95. The minimum Gasteiger partial charge on any atom is -0.462 e. The SMILES string of the molecule is CCOC(=O)c1c(NC(=O)CSc2nc(-c3cccs3)cc(-c3cccs3)c2C#N)sc2c1CCCC2. The van der Waals surface area contributed by atoms with Gasteiger partial charge in [-0.25, -0.2) is 9.78 Å². The number of ether oxygens (including phenoxy) is 1. The van der Waals surface area contributed by atoms with E-state index in [1.165, 1.54) is 23.1 Å². The zero-order chi connectivity index (χ0) is 25.8. The molecule has 4 aromatic rings. The van der Waals surface area contributed by atoms with Gasteiger partial charge >= 0.3 is 5.97 Å². The van der Waals surface area contributed by atoms with Gasteiger partial charge in [0.2, 0.25) is 5.91 Å². The lowest BCUT2D eigenvalue weighted by Gasteiger charge is -2.12. The van der Waals surface area contributed by atoms with Crippen LogP contribution in [0.25, 0.3) is 21.0 Å². The van der Waals surface area contributed by atoms with E-state index in [9.17, 15) is 14.9 Å². The molecular weight excluding hydrogens is 543 g/mol. The number of carbonyl (C=O) groups excluding carboxylic acids is 2. The second-order valence-corrected chi connectivity index (χ2v) is 12.2. The summed E-state index contributed by atoms with van der Waals surface area (Å²) in [5.74, 6) is -0.578. The number of nitrogens with zero attached hydrogens (tertiary/aromatic N) is 2. The van der Waals surface area contributed by atoms with E-state index in [1.54, 1.807) is 29.6 Å². The quantitative estimate of drug-likeness (QED) is 0.179. The van der Waals surface area contributed by atoms with Gasteiger partial charge in [-0.1, -0.05) is 23.9 Å². The summed E-state index contributed by atoms with van der Waals surface area (Å²) in [6.45, 7) is 2.06. The van der Waals surface area contributed by atoms with Crippen LogP contribution in [0.2, 0.25) is 0 Å². The second kappa shape index (κ2) is 11.6. The highest BCUT2D eigenvalue weighted by Gasteiger charge is 2.27. The summed E-state index contributed by atoms with van der Waals surface area (Å²) in [5, 5.41) is 18.0. The molecule has 1 aliphatic carbocycles. The van der Waals surface area contributed by atoms with Gasteiger partial charge in [0.05, 0.1) is 34.1 Å². The van der Waals surface area contributed by atoms with Crippen molar-refractivity contribution in [1.82, 2.24) is 4.98 Å². The maximum absolute atomic E-state index is 13.1. The number of amides is 1. The van der Waals surface area contributed by atoms with Crippen LogP contribution in [0.1, 0.15) is 46.1 Å². The molecule has 4 heterocycles. The average Bonchev–Trinajstić information content (AvgIpc) is 3.68. The van der Waals surface area contributed by atoms with Crippen LogP contribution in [0.5, 0.6) is 0 Å². The van der Waals surface area contributed by atoms with Gasteiger partial charge in [0.25, 0.3) is 0 Å². The summed E-state index contributed by atoms with van der Waals surface area (Å²) < 4.78 is 5.30. The number of thioether (sulfide) groups is 1. The highest BCUT2D eigenvalue weighted by atomic mass is 32.2. The van der Waals surface area contributed by atoms with Crippen molar-refractivity contribution in [3.05, 3.63) is 62.7 Å². The summed E-state index contributed by atoms with van der Waals surface area (Å²) in [5.41, 5.74) is 3.55. The number of hydrogen-bond donors (Lipinski definition) is 1. The third-order valence-electron chi connectivity index (χ3n) is 5.90. The summed E-state index contributed by atoms with van der Waals surface area (Å²) in [4.78, 5) is 33.7. The van der Waals surface area contributed by atoms with Crippen LogP contribution < -0.4 is 5.32 Å². The van der Waals surface area contributed by atoms with Crippen molar-refractivity contribution in [2.45, 2.75) is 37.6 Å². The Morgan fingerprint density at radius 3 is 2.62 bits per heavy atom. The number of anilines is 1. The van der Waals surface area contributed by atoms with Crippen molar-refractivity contribution in [2.75, 3.05) is 17.7 Å². The Balaban J connectivity index is 1.41. The topological polar surface area (TPSA) is 92.1 Å². The van der Waals surface area contributed by atoms with E-state index >= 15 is 0 Å². The Hall–Kier alpha value is -2.97. The normalized spacial score (nSPS) is 12.5. The molecule has 1 aliphatic rings. The average molecular weight is 566 g/mol. The molecule has 0 saturated carbocycles. The van der Waals surface area contributed by atoms with Crippen molar-refractivity contribution in [1.29, 1.82) is 5.26 Å². The van der Waals surface area contributed by atoms with E-state index in [0.717, 1.165) is 57.1 Å². The van der Waals surface area contributed by atoms with Gasteiger partial charge in [-0.05, 0) is 67.1 Å². The lowest BCUT2D eigenvalue weighted by molar-refractivity contribution is -0.113. The molecular formula is C27H23N3O3S4. The van der Waals surface area contributed by atoms with Crippen LogP contribution in [0.15, 0.2) is 46.1 Å². The number of aryl methyl sites for hydroxylation is 1. The molecule has 10 heteroatoms. The fraction of sp³-hybridized carbons (Fsp3) is 0.259. The predicted molar refractivity (Wildman–Crippen MR) is 152 cm³/mol. The van der Waals surface area contributed by atoms with E-state index in [4.69, 9.17) is 9.72 Å². The van der Waals surface area contributed by atoms with E-state index in [0.29, 0.717) is 21.2 Å². The minimum absolute atomic E-state index is 0.0598. The van der Waals surface area contributed by atoms with E-state index in [-0.39, 0.29) is 24.2 Å². The van der Waals surface area contributed by atoms with Crippen LogP contribution in [-0.2, 0) is 22.4 Å². The zero-order valence-electron chi connectivity index (χ0n) is 20.0. The van der Waals surface area contributed by atoms with Crippen LogP contribution >= 0.6 is 45.8 Å². The Morgan fingerprint density at radius 2 is 1.92 bits per heavy atom. The number of aromatic nitrogens is 1. The van der Waals surface area contributed by atoms with Gasteiger partial charge < -0.3 is 10.1 Å². The monoisotopic (exact) mass is 565 g/mol. The van der Waals surface area contributed by atoms with E-state index in [1.807, 2.05) is 41.1 Å². The number of pyridine rings is 1. The molecule has 0 unspecified atom stereocenters. The molecule has 5 rings (SSSR count). The van der Waals surface area contributed by atoms with Crippen LogP contribution in [0.4, 0.5) is 5.00 Å². The Bertz CT molecular complexity index is 1470. The molecule has 0 saturated heterocycles. The van der Waals surface area contributed by atoms with Gasteiger partial charge in [-0.15, -0.1) is 34.0 Å². The smallest absolute Gasteiger partial charge is 0.341 e. The van der Waals surface area contributed by atoms with E-state index in [2.05, 4.69) is 11.4 Å². The third kappa shape index (κ3) is 5.50. The van der Waals surface area contributed by atoms with Gasteiger partial charge in [-0.3, -0.25) is 4.79 Å². The fourth-order valence-electron chi connectivity index (χ4n) is 4.28. The van der Waals surface area contributed by atoms with E-state index < -0.39 is 0 Å². The molecule has 37 heavy (non-hydrogen) atoms. The predicted octanol–water partition coefficient (Wildman–Crippen LogP) is 7.26. The van der Waals surface area contributed by atoms with Crippen molar-refractivity contribution >= 4 is 62.6 Å². The van der Waals surface area contributed by atoms with Gasteiger partial charge in [0.1, 0.15) is 16.1 Å². The number of carbonyl (C=O) groups is 2. The molecule has 0 atom stereocenters. The molecule has 4 aromatic heterocycles. The fourth-order valence-corrected chi connectivity index (χ4v) is 7.81. The number of fused-ring (bicyclic) bond motifs is 1. The minimum atomic E-state index is -0.387. The Labute approximate surface area is 231 Å². The third-order valence-corrected chi connectivity index (χ3v) is 9.88. The summed E-state index contributed by atoms with van der Waals surface area (Å²) in [6, 6.07) is 12.1. The largest absolute Gasteiger partial charge is 0.462 e. The van der Waals surface area contributed by atoms with Crippen molar-refractivity contribution < 1.29 is 14.3 Å². The molecule has 0 bridgehead atoms. The van der Waals surface area contributed by atoms with Crippen molar-refractivity contribution in [3.63, 3.8) is 0 Å². The van der Waals surface area contributed by atoms with Crippen LogP contribution in [0.3, 0.4) is 0 Å². The van der Waals surface area contributed by atoms with Crippen molar-refractivity contribution in [3.8, 4) is 27.1 Å². The first-order valence-electron chi connectivity index (χ1n) is 11.9. The first kappa shape index (κ1) is 25.7.